The number of rotatable bonds is 4. The number of anilines is 1. The summed E-state index contributed by atoms with van der Waals surface area (Å²) in [5.41, 5.74) is 0.669. The van der Waals surface area contributed by atoms with Crippen LogP contribution in [0.5, 0.6) is 5.75 Å². The van der Waals surface area contributed by atoms with Gasteiger partial charge in [0.25, 0.3) is 5.91 Å². The van der Waals surface area contributed by atoms with Crippen LogP contribution in [-0.2, 0) is 0 Å². The van der Waals surface area contributed by atoms with E-state index in [1.807, 2.05) is 0 Å². The van der Waals surface area contributed by atoms with E-state index in [9.17, 15) is 9.59 Å². The summed E-state index contributed by atoms with van der Waals surface area (Å²) >= 11 is 3.29. The number of hydrogen-bond donors (Lipinski definition) is 2. The van der Waals surface area contributed by atoms with E-state index >= 15 is 0 Å². The molecule has 2 rings (SSSR count). The number of nitrogens with one attached hydrogen (secondary N) is 1. The van der Waals surface area contributed by atoms with Gasteiger partial charge < -0.3 is 15.2 Å². The molecule has 0 bridgehead atoms. The van der Waals surface area contributed by atoms with E-state index in [0.29, 0.717) is 21.5 Å². The van der Waals surface area contributed by atoms with Crippen LogP contribution in [-0.4, -0.2) is 29.1 Å². The highest BCUT2D eigenvalue weighted by molar-refractivity contribution is 9.10. The third kappa shape index (κ3) is 3.57. The molecule has 0 saturated heterocycles. The maximum atomic E-state index is 12.2. The van der Waals surface area contributed by atoms with E-state index in [0.717, 1.165) is 0 Å². The molecule has 21 heavy (non-hydrogen) atoms. The Kier molecular flexibility index (Phi) is 4.54. The number of carbonyl (C=O) groups excluding carboxylic acids is 1. The highest BCUT2D eigenvalue weighted by Gasteiger charge is 2.13. The molecule has 1 amide bonds. The van der Waals surface area contributed by atoms with Gasteiger partial charge in [0.1, 0.15) is 5.75 Å². The molecule has 2 N–H and O–H groups in total. The molecule has 0 spiro atoms. The molecular formula is C14H11BrN2O4. The van der Waals surface area contributed by atoms with Crippen molar-refractivity contribution in [3.8, 4) is 5.75 Å². The smallest absolute Gasteiger partial charge is 0.337 e. The average molecular weight is 351 g/mol. The normalized spacial score (nSPS) is 10.0. The summed E-state index contributed by atoms with van der Waals surface area (Å²) in [6, 6.07) is 6.32. The molecule has 1 heterocycles. The quantitative estimate of drug-likeness (QED) is 0.884. The van der Waals surface area contributed by atoms with Crippen LogP contribution in [0, 0.1) is 0 Å². The lowest BCUT2D eigenvalue weighted by molar-refractivity contribution is 0.0696. The van der Waals surface area contributed by atoms with Crippen molar-refractivity contribution in [1.82, 2.24) is 4.98 Å². The summed E-state index contributed by atoms with van der Waals surface area (Å²) in [4.78, 5) is 26.9. The predicted octanol–water partition coefficient (Wildman–Crippen LogP) is 2.80. The Labute approximate surface area is 128 Å². The van der Waals surface area contributed by atoms with Crippen LogP contribution in [0.3, 0.4) is 0 Å². The minimum Gasteiger partial charge on any atom is -0.497 e. The van der Waals surface area contributed by atoms with Crippen LogP contribution in [0.2, 0.25) is 0 Å². The van der Waals surface area contributed by atoms with Gasteiger partial charge in [-0.05, 0) is 40.2 Å². The Balaban J connectivity index is 2.25. The zero-order chi connectivity index (χ0) is 15.4. The lowest BCUT2D eigenvalue weighted by Gasteiger charge is -2.08. The van der Waals surface area contributed by atoms with Crippen LogP contribution in [0.1, 0.15) is 20.7 Å². The fourth-order valence-electron chi connectivity index (χ4n) is 1.63. The maximum absolute atomic E-state index is 12.2. The number of carboxylic acids is 1. The van der Waals surface area contributed by atoms with E-state index < -0.39 is 11.9 Å². The number of methoxy groups -OCH3 is 1. The van der Waals surface area contributed by atoms with Gasteiger partial charge in [-0.2, -0.15) is 0 Å². The van der Waals surface area contributed by atoms with Gasteiger partial charge in [0.15, 0.2) is 0 Å². The molecule has 1 aromatic heterocycles. The summed E-state index contributed by atoms with van der Waals surface area (Å²) in [7, 11) is 1.51. The molecule has 0 saturated carbocycles. The lowest BCUT2D eigenvalue weighted by Crippen LogP contribution is -2.13. The predicted molar refractivity (Wildman–Crippen MR) is 79.8 cm³/mol. The molecular weight excluding hydrogens is 340 g/mol. The SMILES string of the molecule is COc1ccc(Br)c(C(=O)Nc2cncc(C(=O)O)c2)c1. The number of halogens is 1. The first-order valence-electron chi connectivity index (χ1n) is 5.84. The number of aromatic nitrogens is 1. The zero-order valence-corrected chi connectivity index (χ0v) is 12.5. The van der Waals surface area contributed by atoms with Crippen molar-refractivity contribution < 1.29 is 19.4 Å². The zero-order valence-electron chi connectivity index (χ0n) is 11.0. The molecule has 0 unspecified atom stereocenters. The molecule has 7 heteroatoms. The number of hydrogen-bond acceptors (Lipinski definition) is 4. The standard InChI is InChI=1S/C14H11BrN2O4/c1-21-10-2-3-12(15)11(5-10)13(18)17-9-4-8(14(19)20)6-16-7-9/h2-7H,1H3,(H,17,18)(H,19,20). The molecule has 2 aromatic rings. The summed E-state index contributed by atoms with van der Waals surface area (Å²) in [6.07, 6.45) is 2.58. The minimum absolute atomic E-state index is 0.00231. The van der Waals surface area contributed by atoms with Crippen molar-refractivity contribution in [3.63, 3.8) is 0 Å². The van der Waals surface area contributed by atoms with Gasteiger partial charge in [-0.15, -0.1) is 0 Å². The highest BCUT2D eigenvalue weighted by atomic mass is 79.9. The fraction of sp³-hybridized carbons (Fsp3) is 0.0714. The molecule has 108 valence electrons. The summed E-state index contributed by atoms with van der Waals surface area (Å²) in [6.45, 7) is 0. The molecule has 0 aliphatic rings. The second-order valence-corrected chi connectivity index (χ2v) is 4.92. The van der Waals surface area contributed by atoms with Crippen LogP contribution < -0.4 is 10.1 Å². The first kappa shape index (κ1) is 15.0. The second-order valence-electron chi connectivity index (χ2n) is 4.07. The van der Waals surface area contributed by atoms with E-state index in [1.165, 1.54) is 25.6 Å². The topological polar surface area (TPSA) is 88.5 Å². The molecule has 1 aromatic carbocycles. The Morgan fingerprint density at radius 1 is 1.29 bits per heavy atom. The van der Waals surface area contributed by atoms with Gasteiger partial charge in [0.05, 0.1) is 30.1 Å². The van der Waals surface area contributed by atoms with E-state index in [2.05, 4.69) is 26.2 Å². The van der Waals surface area contributed by atoms with Gasteiger partial charge in [-0.1, -0.05) is 0 Å². The molecule has 0 radical (unpaired) electrons. The summed E-state index contributed by atoms with van der Waals surface area (Å²) < 4.78 is 5.67. The lowest BCUT2D eigenvalue weighted by atomic mass is 10.2. The van der Waals surface area contributed by atoms with E-state index in [-0.39, 0.29) is 5.56 Å². The van der Waals surface area contributed by atoms with Crippen molar-refractivity contribution >= 4 is 33.5 Å². The molecule has 0 aliphatic carbocycles. The number of pyridine rings is 1. The Hall–Kier alpha value is -2.41. The van der Waals surface area contributed by atoms with Gasteiger partial charge >= 0.3 is 5.97 Å². The van der Waals surface area contributed by atoms with Gasteiger partial charge in [-0.25, -0.2) is 4.79 Å². The first-order chi connectivity index (χ1) is 10.0. The average Bonchev–Trinajstić information content (AvgIpc) is 2.48. The third-order valence-electron chi connectivity index (χ3n) is 2.66. The number of ether oxygens (including phenoxy) is 1. The van der Waals surface area contributed by atoms with E-state index in [1.54, 1.807) is 18.2 Å². The number of carboxylic acid groups (broad SMARTS) is 1. The first-order valence-corrected chi connectivity index (χ1v) is 6.64. The Bertz CT molecular complexity index is 703. The third-order valence-corrected chi connectivity index (χ3v) is 3.35. The number of benzene rings is 1. The number of aromatic carboxylic acids is 1. The fourth-order valence-corrected chi connectivity index (χ4v) is 2.06. The van der Waals surface area contributed by atoms with Crippen molar-refractivity contribution in [3.05, 3.63) is 52.3 Å². The van der Waals surface area contributed by atoms with Gasteiger partial charge in [0.2, 0.25) is 0 Å². The molecule has 0 fully saturated rings. The molecule has 6 nitrogen and oxygen atoms in total. The highest BCUT2D eigenvalue weighted by Crippen LogP contribution is 2.23. The molecule has 0 aliphatic heterocycles. The van der Waals surface area contributed by atoms with Crippen LogP contribution in [0.4, 0.5) is 5.69 Å². The Morgan fingerprint density at radius 2 is 2.05 bits per heavy atom. The van der Waals surface area contributed by atoms with Crippen molar-refractivity contribution in [2.24, 2.45) is 0 Å². The van der Waals surface area contributed by atoms with Crippen molar-refractivity contribution in [2.75, 3.05) is 12.4 Å². The minimum atomic E-state index is -1.11. The number of amides is 1. The van der Waals surface area contributed by atoms with Gasteiger partial charge in [-0.3, -0.25) is 9.78 Å². The van der Waals surface area contributed by atoms with E-state index in [4.69, 9.17) is 9.84 Å². The van der Waals surface area contributed by atoms with Gasteiger partial charge in [0, 0.05) is 10.7 Å². The maximum Gasteiger partial charge on any atom is 0.337 e. The summed E-state index contributed by atoms with van der Waals surface area (Å²) in [5, 5.41) is 11.5. The van der Waals surface area contributed by atoms with Crippen LogP contribution >= 0.6 is 15.9 Å². The molecule has 0 atom stereocenters. The summed E-state index contributed by atoms with van der Waals surface area (Å²) in [5.74, 6) is -0.966. The van der Waals surface area contributed by atoms with Crippen molar-refractivity contribution in [2.45, 2.75) is 0 Å². The Morgan fingerprint density at radius 3 is 2.71 bits per heavy atom. The van der Waals surface area contributed by atoms with Crippen LogP contribution in [0.25, 0.3) is 0 Å². The monoisotopic (exact) mass is 350 g/mol. The second kappa shape index (κ2) is 6.36. The number of carbonyl (C=O) groups is 2. The van der Waals surface area contributed by atoms with Crippen molar-refractivity contribution in [1.29, 1.82) is 0 Å². The number of nitrogens with zero attached hydrogens (tertiary/aromatic N) is 1. The largest absolute Gasteiger partial charge is 0.497 e. The van der Waals surface area contributed by atoms with Crippen LogP contribution in [0.15, 0.2) is 41.1 Å².